The second-order valence-electron chi connectivity index (χ2n) is 6.72. The van der Waals surface area contributed by atoms with Crippen molar-refractivity contribution in [3.05, 3.63) is 107 Å². The topological polar surface area (TPSA) is 76.9 Å². The highest BCUT2D eigenvalue weighted by Crippen LogP contribution is 2.19. The molecule has 0 saturated carbocycles. The van der Waals surface area contributed by atoms with Crippen molar-refractivity contribution in [2.45, 2.75) is 6.54 Å². The van der Waals surface area contributed by atoms with Crippen LogP contribution in [0, 0.1) is 0 Å². The van der Waals surface area contributed by atoms with E-state index >= 15 is 0 Å². The summed E-state index contributed by atoms with van der Waals surface area (Å²) in [6.45, 7) is 0.581. The van der Waals surface area contributed by atoms with Gasteiger partial charge in [-0.25, -0.2) is 4.68 Å². The molecule has 2 aromatic carbocycles. The van der Waals surface area contributed by atoms with Gasteiger partial charge < -0.3 is 5.32 Å². The van der Waals surface area contributed by atoms with Crippen LogP contribution in [0.4, 0.5) is 0 Å². The van der Waals surface area contributed by atoms with Gasteiger partial charge in [0.2, 0.25) is 0 Å². The van der Waals surface area contributed by atoms with Gasteiger partial charge >= 0.3 is 0 Å². The fourth-order valence-electron chi connectivity index (χ4n) is 3.11. The van der Waals surface area contributed by atoms with Crippen LogP contribution in [0.3, 0.4) is 0 Å². The number of rotatable bonds is 6. The van der Waals surface area contributed by atoms with Crippen LogP contribution >= 0.6 is 0 Å². The van der Waals surface area contributed by atoms with E-state index in [1.54, 1.807) is 30.6 Å². The fourth-order valence-corrected chi connectivity index (χ4v) is 3.11. The molecule has 2 aromatic heterocycles. The molecule has 0 bridgehead atoms. The van der Waals surface area contributed by atoms with Crippen molar-refractivity contribution in [2.75, 3.05) is 6.54 Å². The third kappa shape index (κ3) is 4.50. The van der Waals surface area contributed by atoms with Crippen LogP contribution in [0.2, 0.25) is 0 Å². The summed E-state index contributed by atoms with van der Waals surface area (Å²) in [4.78, 5) is 28.5. The van der Waals surface area contributed by atoms with Crippen LogP contribution in [0.15, 0.2) is 96.1 Å². The van der Waals surface area contributed by atoms with Crippen molar-refractivity contribution in [3.8, 4) is 22.4 Å². The largest absolute Gasteiger partial charge is 0.350 e. The number of hydrogen-bond donors (Lipinski definition) is 1. The Labute approximate surface area is 173 Å². The summed E-state index contributed by atoms with van der Waals surface area (Å²) in [7, 11) is 0. The first kappa shape index (κ1) is 19.3. The van der Waals surface area contributed by atoms with Gasteiger partial charge in [-0.3, -0.25) is 14.6 Å². The number of amides is 1. The van der Waals surface area contributed by atoms with Crippen molar-refractivity contribution in [3.63, 3.8) is 0 Å². The van der Waals surface area contributed by atoms with Crippen LogP contribution in [0.5, 0.6) is 0 Å². The summed E-state index contributed by atoms with van der Waals surface area (Å²) in [5.41, 5.74) is 4.07. The van der Waals surface area contributed by atoms with Gasteiger partial charge in [-0.05, 0) is 41.5 Å². The standard InChI is InChI=1S/C24H20N4O2/c29-23-11-10-22(20-12-14-25-15-13-20)27-28(23)17-16-26-24(30)21-8-6-19(7-9-21)18-4-2-1-3-5-18/h1-15H,16-17H2,(H,26,30). The maximum absolute atomic E-state index is 12.4. The molecule has 0 atom stereocenters. The minimum absolute atomic E-state index is 0.187. The maximum atomic E-state index is 12.4. The SMILES string of the molecule is O=C(NCCn1nc(-c2ccncc2)ccc1=O)c1ccc(-c2ccccc2)cc1. The first-order valence-corrected chi connectivity index (χ1v) is 9.63. The molecule has 0 aliphatic carbocycles. The second kappa shape index (κ2) is 8.96. The number of nitrogens with zero attached hydrogens (tertiary/aromatic N) is 3. The lowest BCUT2D eigenvalue weighted by Gasteiger charge is -2.09. The van der Waals surface area contributed by atoms with Gasteiger partial charge in [-0.1, -0.05) is 42.5 Å². The Kier molecular flexibility index (Phi) is 5.75. The van der Waals surface area contributed by atoms with E-state index in [0.717, 1.165) is 16.7 Å². The molecule has 6 heteroatoms. The lowest BCUT2D eigenvalue weighted by molar-refractivity contribution is 0.0952. The fraction of sp³-hybridized carbons (Fsp3) is 0.0833. The summed E-state index contributed by atoms with van der Waals surface area (Å²) in [6.07, 6.45) is 3.35. The highest BCUT2D eigenvalue weighted by atomic mass is 16.1. The Hall–Kier alpha value is -4.06. The second-order valence-corrected chi connectivity index (χ2v) is 6.72. The van der Waals surface area contributed by atoms with E-state index in [4.69, 9.17) is 0 Å². The first-order chi connectivity index (χ1) is 14.7. The Bertz CT molecular complexity index is 1190. The van der Waals surface area contributed by atoms with Crippen molar-refractivity contribution in [1.82, 2.24) is 20.1 Å². The highest BCUT2D eigenvalue weighted by molar-refractivity contribution is 5.94. The third-order valence-electron chi connectivity index (χ3n) is 4.71. The molecule has 0 saturated heterocycles. The van der Waals surface area contributed by atoms with E-state index < -0.39 is 0 Å². The monoisotopic (exact) mass is 396 g/mol. The molecule has 1 N–H and O–H groups in total. The molecule has 30 heavy (non-hydrogen) atoms. The normalized spacial score (nSPS) is 10.5. The average Bonchev–Trinajstić information content (AvgIpc) is 2.81. The van der Waals surface area contributed by atoms with Gasteiger partial charge in [0, 0.05) is 36.1 Å². The molecular formula is C24H20N4O2. The molecule has 0 aliphatic rings. The summed E-state index contributed by atoms with van der Waals surface area (Å²) in [5.74, 6) is -0.187. The molecular weight excluding hydrogens is 376 g/mol. The number of carbonyl (C=O) groups is 1. The van der Waals surface area contributed by atoms with Crippen LogP contribution in [0.1, 0.15) is 10.4 Å². The van der Waals surface area contributed by atoms with Gasteiger partial charge in [-0.2, -0.15) is 5.10 Å². The van der Waals surface area contributed by atoms with E-state index in [1.807, 2.05) is 54.6 Å². The first-order valence-electron chi connectivity index (χ1n) is 9.63. The number of pyridine rings is 1. The van der Waals surface area contributed by atoms with Crippen LogP contribution in [0.25, 0.3) is 22.4 Å². The zero-order chi connectivity index (χ0) is 20.8. The zero-order valence-corrected chi connectivity index (χ0v) is 16.2. The Balaban J connectivity index is 1.38. The molecule has 0 aliphatic heterocycles. The van der Waals surface area contributed by atoms with Gasteiger partial charge in [0.15, 0.2) is 0 Å². The minimum atomic E-state index is -0.214. The summed E-state index contributed by atoms with van der Waals surface area (Å²) < 4.78 is 1.36. The van der Waals surface area contributed by atoms with Crippen molar-refractivity contribution in [2.24, 2.45) is 0 Å². The lowest BCUT2D eigenvalue weighted by Crippen LogP contribution is -2.31. The quantitative estimate of drug-likeness (QED) is 0.542. The van der Waals surface area contributed by atoms with E-state index in [1.165, 1.54) is 10.7 Å². The summed E-state index contributed by atoms with van der Waals surface area (Å²) in [6, 6.07) is 24.3. The van der Waals surface area contributed by atoms with Gasteiger partial charge in [0.1, 0.15) is 0 Å². The van der Waals surface area contributed by atoms with E-state index in [9.17, 15) is 9.59 Å². The zero-order valence-electron chi connectivity index (χ0n) is 16.2. The number of aromatic nitrogens is 3. The molecule has 6 nitrogen and oxygen atoms in total. The van der Waals surface area contributed by atoms with Crippen LogP contribution in [-0.2, 0) is 6.54 Å². The molecule has 1 amide bonds. The lowest BCUT2D eigenvalue weighted by atomic mass is 10.0. The highest BCUT2D eigenvalue weighted by Gasteiger charge is 2.07. The van der Waals surface area contributed by atoms with Crippen LogP contribution < -0.4 is 10.9 Å². The van der Waals surface area contributed by atoms with E-state index in [-0.39, 0.29) is 18.0 Å². The molecule has 4 rings (SSSR count). The molecule has 148 valence electrons. The van der Waals surface area contributed by atoms with Gasteiger partial charge in [-0.15, -0.1) is 0 Å². The molecule has 0 spiro atoms. The summed E-state index contributed by atoms with van der Waals surface area (Å²) >= 11 is 0. The van der Waals surface area contributed by atoms with E-state index in [0.29, 0.717) is 17.8 Å². The third-order valence-corrected chi connectivity index (χ3v) is 4.71. The predicted octanol–water partition coefficient (Wildman–Crippen LogP) is 3.40. The van der Waals surface area contributed by atoms with Crippen molar-refractivity contribution < 1.29 is 4.79 Å². The van der Waals surface area contributed by atoms with E-state index in [2.05, 4.69) is 15.4 Å². The van der Waals surface area contributed by atoms with Crippen molar-refractivity contribution in [1.29, 1.82) is 0 Å². The number of carbonyl (C=O) groups excluding carboxylic acids is 1. The number of nitrogens with one attached hydrogen (secondary N) is 1. The van der Waals surface area contributed by atoms with Crippen molar-refractivity contribution >= 4 is 5.91 Å². The number of hydrogen-bond acceptors (Lipinski definition) is 4. The van der Waals surface area contributed by atoms with Gasteiger partial charge in [0.25, 0.3) is 11.5 Å². The smallest absolute Gasteiger partial charge is 0.266 e. The number of benzene rings is 2. The minimum Gasteiger partial charge on any atom is -0.350 e. The summed E-state index contributed by atoms with van der Waals surface area (Å²) in [5, 5.41) is 7.23. The molecule has 0 fully saturated rings. The molecule has 4 aromatic rings. The van der Waals surface area contributed by atoms with Crippen LogP contribution in [-0.4, -0.2) is 27.2 Å². The Morgan fingerprint density at radius 2 is 1.50 bits per heavy atom. The Morgan fingerprint density at radius 3 is 2.23 bits per heavy atom. The molecule has 0 unspecified atom stereocenters. The maximum Gasteiger partial charge on any atom is 0.266 e. The average molecular weight is 396 g/mol. The Morgan fingerprint density at radius 1 is 0.800 bits per heavy atom. The predicted molar refractivity (Wildman–Crippen MR) is 116 cm³/mol. The molecule has 2 heterocycles. The molecule has 0 radical (unpaired) electrons. The van der Waals surface area contributed by atoms with Gasteiger partial charge in [0.05, 0.1) is 12.2 Å².